The topological polar surface area (TPSA) is 39.2 Å². The Bertz CT molecular complexity index is 396. The number of ether oxygens (including phenoxy) is 1. The molecular weight excluding hydrogens is 244 g/mol. The highest BCUT2D eigenvalue weighted by Crippen LogP contribution is 2.21. The number of nitrogens with zero attached hydrogens (tertiary/aromatic N) is 1. The predicted molar refractivity (Wildman–Crippen MR) is 54.8 cm³/mol. The molecule has 0 unspecified atom stereocenters. The third kappa shape index (κ3) is 3.04. The van der Waals surface area contributed by atoms with Gasteiger partial charge in [0.2, 0.25) is 0 Å². The molecule has 1 rings (SSSR count). The molecule has 82 valence electrons. The van der Waals surface area contributed by atoms with Crippen LogP contribution in [0.4, 0.5) is 4.39 Å². The molecule has 1 heterocycles. The number of hydrogen-bond acceptors (Lipinski definition) is 3. The Hall–Kier alpha value is -0.870. The molecule has 0 radical (unpaired) electrons. The molecule has 0 aliphatic heterocycles. The molecule has 0 spiro atoms. The maximum Gasteiger partial charge on any atom is 0.341 e. The van der Waals surface area contributed by atoms with Crippen molar-refractivity contribution in [3.05, 3.63) is 27.8 Å². The van der Waals surface area contributed by atoms with Gasteiger partial charge in [0.05, 0.1) is 11.7 Å². The third-order valence-electron chi connectivity index (χ3n) is 1.45. The van der Waals surface area contributed by atoms with Crippen LogP contribution in [0.2, 0.25) is 10.3 Å². The predicted octanol–water partition coefficient (Wildman–Crippen LogP) is 3.09. The van der Waals surface area contributed by atoms with Crippen LogP contribution in [0.15, 0.2) is 6.07 Å². The van der Waals surface area contributed by atoms with Crippen molar-refractivity contribution >= 4 is 29.2 Å². The van der Waals surface area contributed by atoms with Gasteiger partial charge in [-0.3, -0.25) is 0 Å². The second-order valence-electron chi connectivity index (χ2n) is 3.05. The molecule has 0 fully saturated rings. The summed E-state index contributed by atoms with van der Waals surface area (Å²) in [5, 5.41) is -0.548. The van der Waals surface area contributed by atoms with Gasteiger partial charge in [-0.05, 0) is 19.9 Å². The highest BCUT2D eigenvalue weighted by atomic mass is 35.5. The number of carbonyl (C=O) groups is 1. The number of rotatable bonds is 2. The summed E-state index contributed by atoms with van der Waals surface area (Å²) < 4.78 is 17.8. The van der Waals surface area contributed by atoms with Crippen molar-refractivity contribution in [2.24, 2.45) is 0 Å². The molecule has 0 atom stereocenters. The van der Waals surface area contributed by atoms with E-state index in [-0.39, 0.29) is 22.0 Å². The number of halogens is 3. The molecule has 0 saturated carbocycles. The first kappa shape index (κ1) is 12.2. The van der Waals surface area contributed by atoms with E-state index in [0.29, 0.717) is 0 Å². The van der Waals surface area contributed by atoms with Gasteiger partial charge in [-0.2, -0.15) is 0 Å². The fraction of sp³-hybridized carbons (Fsp3) is 0.333. The standard InChI is InChI=1S/C9H8Cl2FNO2/c1-4(2)15-9(14)5-3-6(12)8(11)13-7(5)10/h3-4H,1-2H3. The largest absolute Gasteiger partial charge is 0.459 e. The monoisotopic (exact) mass is 251 g/mol. The molecular formula is C9H8Cl2FNO2. The molecule has 0 amide bonds. The van der Waals surface area contributed by atoms with E-state index in [0.717, 1.165) is 6.07 Å². The summed E-state index contributed by atoms with van der Waals surface area (Å²) in [7, 11) is 0. The van der Waals surface area contributed by atoms with Gasteiger partial charge in [-0.1, -0.05) is 23.2 Å². The Labute approximate surface area is 96.2 Å². The van der Waals surface area contributed by atoms with Gasteiger partial charge in [0.25, 0.3) is 0 Å². The average molecular weight is 252 g/mol. The summed E-state index contributed by atoms with van der Waals surface area (Å²) in [4.78, 5) is 14.8. The number of aromatic nitrogens is 1. The second-order valence-corrected chi connectivity index (χ2v) is 3.77. The van der Waals surface area contributed by atoms with Crippen molar-refractivity contribution < 1.29 is 13.9 Å². The molecule has 3 nitrogen and oxygen atoms in total. The average Bonchev–Trinajstić information content (AvgIpc) is 2.09. The minimum atomic E-state index is -0.809. The molecule has 1 aromatic heterocycles. The Kier molecular flexibility index (Phi) is 3.88. The van der Waals surface area contributed by atoms with Crippen molar-refractivity contribution in [2.75, 3.05) is 0 Å². The van der Waals surface area contributed by atoms with E-state index >= 15 is 0 Å². The first-order chi connectivity index (χ1) is 6.91. The van der Waals surface area contributed by atoms with Crippen molar-refractivity contribution in [2.45, 2.75) is 20.0 Å². The minimum absolute atomic E-state index is 0.132. The Morgan fingerprint density at radius 1 is 1.47 bits per heavy atom. The number of pyridine rings is 1. The van der Waals surface area contributed by atoms with Crippen molar-refractivity contribution in [1.29, 1.82) is 0 Å². The van der Waals surface area contributed by atoms with E-state index in [1.165, 1.54) is 0 Å². The summed E-state index contributed by atoms with van der Waals surface area (Å²) in [6.45, 7) is 3.34. The van der Waals surface area contributed by atoms with Gasteiger partial charge in [-0.25, -0.2) is 14.2 Å². The van der Waals surface area contributed by atoms with Gasteiger partial charge in [0, 0.05) is 0 Å². The van der Waals surface area contributed by atoms with Crippen LogP contribution in [0.25, 0.3) is 0 Å². The zero-order chi connectivity index (χ0) is 11.6. The first-order valence-corrected chi connectivity index (χ1v) is 4.90. The van der Waals surface area contributed by atoms with Crippen LogP contribution in [0.1, 0.15) is 24.2 Å². The second kappa shape index (κ2) is 4.77. The molecule has 6 heteroatoms. The molecule has 0 saturated heterocycles. The van der Waals surface area contributed by atoms with Gasteiger partial charge < -0.3 is 4.74 Å². The lowest BCUT2D eigenvalue weighted by molar-refractivity contribution is 0.0377. The van der Waals surface area contributed by atoms with Crippen molar-refractivity contribution in [1.82, 2.24) is 4.98 Å². The van der Waals surface area contributed by atoms with E-state index in [2.05, 4.69) is 4.98 Å². The van der Waals surface area contributed by atoms with Gasteiger partial charge >= 0.3 is 5.97 Å². The maximum absolute atomic E-state index is 13.0. The van der Waals surface area contributed by atoms with Crippen LogP contribution in [0.5, 0.6) is 0 Å². The maximum atomic E-state index is 13.0. The van der Waals surface area contributed by atoms with Crippen LogP contribution in [-0.2, 0) is 4.74 Å². The fourth-order valence-electron chi connectivity index (χ4n) is 0.866. The van der Waals surface area contributed by atoms with Gasteiger partial charge in [0.1, 0.15) is 5.15 Å². The lowest BCUT2D eigenvalue weighted by Crippen LogP contribution is -2.13. The molecule has 0 aliphatic carbocycles. The van der Waals surface area contributed by atoms with E-state index in [9.17, 15) is 9.18 Å². The summed E-state index contributed by atoms with van der Waals surface area (Å²) in [5.74, 6) is -1.53. The van der Waals surface area contributed by atoms with Crippen molar-refractivity contribution in [3.8, 4) is 0 Å². The van der Waals surface area contributed by atoms with Crippen LogP contribution in [0, 0.1) is 5.82 Å². The molecule has 0 bridgehead atoms. The SMILES string of the molecule is CC(C)OC(=O)c1cc(F)c(Cl)nc1Cl. The number of carbonyl (C=O) groups excluding carboxylic acids is 1. The van der Waals surface area contributed by atoms with E-state index in [4.69, 9.17) is 27.9 Å². The molecule has 15 heavy (non-hydrogen) atoms. The van der Waals surface area contributed by atoms with E-state index in [1.54, 1.807) is 13.8 Å². The Balaban J connectivity index is 3.04. The first-order valence-electron chi connectivity index (χ1n) is 4.14. The molecule has 0 aromatic carbocycles. The lowest BCUT2D eigenvalue weighted by atomic mass is 10.3. The highest BCUT2D eigenvalue weighted by Gasteiger charge is 2.17. The smallest absolute Gasteiger partial charge is 0.341 e. The normalized spacial score (nSPS) is 10.5. The zero-order valence-corrected chi connectivity index (χ0v) is 9.56. The molecule has 0 N–H and O–H groups in total. The summed E-state index contributed by atoms with van der Waals surface area (Å²) in [6.07, 6.45) is -0.313. The van der Waals surface area contributed by atoms with Gasteiger partial charge in [0.15, 0.2) is 11.0 Å². The van der Waals surface area contributed by atoms with Crippen LogP contribution in [0.3, 0.4) is 0 Å². The fourth-order valence-corrected chi connectivity index (χ4v) is 1.26. The number of esters is 1. The summed E-state index contributed by atoms with van der Waals surface area (Å²) in [5.41, 5.74) is -0.132. The zero-order valence-electron chi connectivity index (χ0n) is 8.05. The summed E-state index contributed by atoms with van der Waals surface area (Å²) in [6, 6.07) is 0.905. The third-order valence-corrected chi connectivity index (χ3v) is 2.00. The van der Waals surface area contributed by atoms with Crippen molar-refractivity contribution in [3.63, 3.8) is 0 Å². The molecule has 1 aromatic rings. The highest BCUT2D eigenvalue weighted by molar-refractivity contribution is 6.34. The van der Waals surface area contributed by atoms with E-state index in [1.807, 2.05) is 0 Å². The molecule has 0 aliphatic rings. The summed E-state index contributed by atoms with van der Waals surface area (Å²) >= 11 is 11.0. The van der Waals surface area contributed by atoms with Gasteiger partial charge in [-0.15, -0.1) is 0 Å². The van der Waals surface area contributed by atoms with Crippen LogP contribution < -0.4 is 0 Å². The minimum Gasteiger partial charge on any atom is -0.459 e. The van der Waals surface area contributed by atoms with E-state index < -0.39 is 11.8 Å². The quantitative estimate of drug-likeness (QED) is 0.599. The lowest BCUT2D eigenvalue weighted by Gasteiger charge is -2.08. The Morgan fingerprint density at radius 2 is 2.07 bits per heavy atom. The Morgan fingerprint density at radius 3 is 2.60 bits per heavy atom. The van der Waals surface area contributed by atoms with Crippen LogP contribution in [-0.4, -0.2) is 17.1 Å². The number of hydrogen-bond donors (Lipinski definition) is 0. The van der Waals surface area contributed by atoms with Crippen LogP contribution >= 0.6 is 23.2 Å².